The maximum absolute atomic E-state index is 14.8. The highest BCUT2D eigenvalue weighted by molar-refractivity contribution is 5.92. The van der Waals surface area contributed by atoms with Crippen LogP contribution in [-0.4, -0.2) is 45.4 Å². The van der Waals surface area contributed by atoms with Crippen molar-refractivity contribution < 1.29 is 14.0 Å². The molecule has 7 heteroatoms. The molecule has 1 atom stereocenters. The summed E-state index contributed by atoms with van der Waals surface area (Å²) in [7, 11) is 0. The van der Waals surface area contributed by atoms with Crippen LogP contribution in [0.3, 0.4) is 0 Å². The summed E-state index contributed by atoms with van der Waals surface area (Å²) < 4.78 is 16.8. The Hall–Kier alpha value is -3.61. The third-order valence-electron chi connectivity index (χ3n) is 6.02. The number of rotatable bonds is 5. The van der Waals surface area contributed by atoms with Gasteiger partial charge in [-0.1, -0.05) is 30.3 Å². The Balaban J connectivity index is 1.58. The zero-order chi connectivity index (χ0) is 23.5. The molecule has 0 bridgehead atoms. The molecule has 2 heterocycles. The molecule has 1 aliphatic heterocycles. The minimum atomic E-state index is -0.545. The third kappa shape index (κ3) is 4.77. The second kappa shape index (κ2) is 9.48. The lowest BCUT2D eigenvalue weighted by Crippen LogP contribution is -2.50. The van der Waals surface area contributed by atoms with Crippen LogP contribution in [0.25, 0.3) is 0 Å². The van der Waals surface area contributed by atoms with Crippen LogP contribution in [0, 0.1) is 12.7 Å². The average Bonchev–Trinajstić information content (AvgIpc) is 3.26. The van der Waals surface area contributed by atoms with Gasteiger partial charge >= 0.3 is 6.03 Å². The number of nitrogens with zero attached hydrogens (tertiary/aromatic N) is 3. The fraction of sp³-hybridized carbons (Fsp3) is 0.308. The molecule has 0 fully saturated rings. The zero-order valence-electron chi connectivity index (χ0n) is 19.2. The molecule has 0 spiro atoms. The number of carbonyl (C=O) groups excluding carboxylic acids is 2. The van der Waals surface area contributed by atoms with Crippen LogP contribution >= 0.6 is 0 Å². The van der Waals surface area contributed by atoms with Crippen LogP contribution in [0.1, 0.15) is 36.7 Å². The van der Waals surface area contributed by atoms with Crippen molar-refractivity contribution in [3.8, 4) is 0 Å². The maximum Gasteiger partial charge on any atom is 0.322 e. The SMILES string of the molecule is Cc1cccc(NC(=O)N(CC(=O)N2CCn3cccc3C2c2ccccc2F)C(C)C)c1. The average molecular weight is 449 g/mol. The van der Waals surface area contributed by atoms with Crippen LogP contribution in [-0.2, 0) is 11.3 Å². The Morgan fingerprint density at radius 2 is 1.88 bits per heavy atom. The number of urea groups is 1. The first-order valence-corrected chi connectivity index (χ1v) is 11.2. The van der Waals surface area contributed by atoms with Crippen LogP contribution in [0.4, 0.5) is 14.9 Å². The van der Waals surface area contributed by atoms with E-state index in [1.54, 1.807) is 23.1 Å². The van der Waals surface area contributed by atoms with Crippen LogP contribution < -0.4 is 5.32 Å². The first-order chi connectivity index (χ1) is 15.8. The van der Waals surface area contributed by atoms with E-state index in [-0.39, 0.29) is 30.3 Å². The molecule has 2 aromatic carbocycles. The number of hydrogen-bond donors (Lipinski definition) is 1. The lowest BCUT2D eigenvalue weighted by Gasteiger charge is -2.39. The van der Waals surface area contributed by atoms with Gasteiger partial charge in [0, 0.05) is 42.3 Å². The van der Waals surface area contributed by atoms with Gasteiger partial charge in [0.15, 0.2) is 0 Å². The molecule has 3 aromatic rings. The van der Waals surface area contributed by atoms with Gasteiger partial charge in [0.25, 0.3) is 0 Å². The minimum Gasteiger partial charge on any atom is -0.348 e. The minimum absolute atomic E-state index is 0.0963. The molecule has 1 unspecified atom stereocenters. The highest BCUT2D eigenvalue weighted by atomic mass is 19.1. The first kappa shape index (κ1) is 22.6. The Bertz CT molecular complexity index is 1160. The third-order valence-corrected chi connectivity index (χ3v) is 6.02. The van der Waals surface area contributed by atoms with Crippen LogP contribution in [0.15, 0.2) is 66.9 Å². The maximum atomic E-state index is 14.8. The molecule has 3 amide bonds. The van der Waals surface area contributed by atoms with Crippen molar-refractivity contribution in [1.82, 2.24) is 14.4 Å². The van der Waals surface area contributed by atoms with Crippen molar-refractivity contribution in [2.75, 3.05) is 18.4 Å². The standard InChI is InChI=1S/C26H29FN4O2/c1-18(2)31(26(33)28-20-9-6-8-19(3)16-20)17-24(32)30-15-14-29-13-7-12-23(29)25(30)21-10-4-5-11-22(21)27/h4-13,16,18,25H,14-15,17H2,1-3H3,(H,28,33). The number of amides is 3. The summed E-state index contributed by atoms with van der Waals surface area (Å²) in [6, 6.07) is 16.8. The van der Waals surface area contributed by atoms with E-state index in [4.69, 9.17) is 0 Å². The quantitative estimate of drug-likeness (QED) is 0.609. The van der Waals surface area contributed by atoms with Gasteiger partial charge < -0.3 is 19.7 Å². The second-order valence-electron chi connectivity index (χ2n) is 8.66. The van der Waals surface area contributed by atoms with Gasteiger partial charge in [-0.25, -0.2) is 9.18 Å². The molecule has 1 aliphatic rings. The number of carbonyl (C=O) groups is 2. The molecule has 6 nitrogen and oxygen atoms in total. The number of anilines is 1. The summed E-state index contributed by atoms with van der Waals surface area (Å²) in [6.45, 7) is 6.66. The summed E-state index contributed by atoms with van der Waals surface area (Å²) >= 11 is 0. The van der Waals surface area contributed by atoms with E-state index >= 15 is 0 Å². The molecular formula is C26H29FN4O2. The van der Waals surface area contributed by atoms with Crippen molar-refractivity contribution in [2.45, 2.75) is 39.4 Å². The molecular weight excluding hydrogens is 419 g/mol. The summed E-state index contributed by atoms with van der Waals surface area (Å²) in [5, 5.41) is 2.89. The van der Waals surface area contributed by atoms with Crippen molar-refractivity contribution >= 4 is 17.6 Å². The van der Waals surface area contributed by atoms with Gasteiger partial charge in [-0.2, -0.15) is 0 Å². The molecule has 0 saturated heterocycles. The number of aromatic nitrogens is 1. The molecule has 4 rings (SSSR count). The number of nitrogens with one attached hydrogen (secondary N) is 1. The van der Waals surface area contributed by atoms with Crippen molar-refractivity contribution in [2.24, 2.45) is 0 Å². The molecule has 0 saturated carbocycles. The highest BCUT2D eigenvalue weighted by Crippen LogP contribution is 2.34. The molecule has 172 valence electrons. The van der Waals surface area contributed by atoms with Gasteiger partial charge in [-0.15, -0.1) is 0 Å². The monoisotopic (exact) mass is 448 g/mol. The first-order valence-electron chi connectivity index (χ1n) is 11.2. The number of benzene rings is 2. The smallest absolute Gasteiger partial charge is 0.322 e. The Morgan fingerprint density at radius 3 is 2.61 bits per heavy atom. The van der Waals surface area contributed by atoms with Crippen molar-refractivity contribution in [3.05, 3.63) is 89.5 Å². The highest BCUT2D eigenvalue weighted by Gasteiger charge is 2.35. The fourth-order valence-electron chi connectivity index (χ4n) is 4.32. The molecule has 0 aliphatic carbocycles. The number of halogens is 1. The second-order valence-corrected chi connectivity index (χ2v) is 8.66. The van der Waals surface area contributed by atoms with Crippen molar-refractivity contribution in [3.63, 3.8) is 0 Å². The molecule has 33 heavy (non-hydrogen) atoms. The van der Waals surface area contributed by atoms with E-state index in [0.717, 1.165) is 11.3 Å². The summed E-state index contributed by atoms with van der Waals surface area (Å²) in [6.07, 6.45) is 1.95. The Labute approximate surface area is 193 Å². The molecule has 1 N–H and O–H groups in total. The summed E-state index contributed by atoms with van der Waals surface area (Å²) in [4.78, 5) is 29.7. The zero-order valence-corrected chi connectivity index (χ0v) is 19.2. The van der Waals surface area contributed by atoms with E-state index in [2.05, 4.69) is 5.32 Å². The van der Waals surface area contributed by atoms with Crippen LogP contribution in [0.2, 0.25) is 0 Å². The van der Waals surface area contributed by atoms with Gasteiger partial charge in [-0.3, -0.25) is 4.79 Å². The largest absolute Gasteiger partial charge is 0.348 e. The van der Waals surface area contributed by atoms with Gasteiger partial charge in [0.1, 0.15) is 18.4 Å². The van der Waals surface area contributed by atoms with Gasteiger partial charge in [0.05, 0.1) is 0 Å². The summed E-state index contributed by atoms with van der Waals surface area (Å²) in [5.74, 6) is -0.573. The van der Waals surface area contributed by atoms with E-state index in [1.165, 1.54) is 11.0 Å². The van der Waals surface area contributed by atoms with Crippen LogP contribution in [0.5, 0.6) is 0 Å². The Morgan fingerprint density at radius 1 is 1.09 bits per heavy atom. The lowest BCUT2D eigenvalue weighted by atomic mass is 9.99. The van der Waals surface area contributed by atoms with Crippen molar-refractivity contribution in [1.29, 1.82) is 0 Å². The van der Waals surface area contributed by atoms with E-state index in [1.807, 2.05) is 67.9 Å². The van der Waals surface area contributed by atoms with Gasteiger partial charge in [0.2, 0.25) is 5.91 Å². The normalized spacial score (nSPS) is 15.3. The van der Waals surface area contributed by atoms with E-state index in [9.17, 15) is 14.0 Å². The van der Waals surface area contributed by atoms with E-state index < -0.39 is 6.04 Å². The van der Waals surface area contributed by atoms with Gasteiger partial charge in [-0.05, 0) is 56.7 Å². The topological polar surface area (TPSA) is 57.6 Å². The number of aryl methyl sites for hydroxylation is 1. The number of hydrogen-bond acceptors (Lipinski definition) is 2. The lowest BCUT2D eigenvalue weighted by molar-refractivity contribution is -0.134. The molecule has 1 aromatic heterocycles. The fourth-order valence-corrected chi connectivity index (χ4v) is 4.32. The predicted molar refractivity (Wildman–Crippen MR) is 126 cm³/mol. The molecule has 0 radical (unpaired) electrons. The predicted octanol–water partition coefficient (Wildman–Crippen LogP) is 4.81. The Kier molecular flexibility index (Phi) is 6.49. The number of fused-ring (bicyclic) bond motifs is 1. The summed E-state index contributed by atoms with van der Waals surface area (Å²) in [5.41, 5.74) is 3.02. The van der Waals surface area contributed by atoms with E-state index in [0.29, 0.717) is 24.3 Å².